The first-order valence-electron chi connectivity index (χ1n) is 5.53. The van der Waals surface area contributed by atoms with Gasteiger partial charge in [-0.3, -0.25) is 4.68 Å². The normalized spacial score (nSPS) is 14.3. The van der Waals surface area contributed by atoms with Crippen molar-refractivity contribution in [1.29, 1.82) is 0 Å². The summed E-state index contributed by atoms with van der Waals surface area (Å²) >= 11 is 0. The van der Waals surface area contributed by atoms with E-state index in [1.807, 2.05) is 7.05 Å². The number of aryl methyl sites for hydroxylation is 1. The molecule has 0 bridgehead atoms. The maximum absolute atomic E-state index is 4.63. The second kappa shape index (κ2) is 3.97. The third-order valence-electron chi connectivity index (χ3n) is 2.85. The Hall–Kier alpha value is -0.830. The van der Waals surface area contributed by atoms with E-state index in [9.17, 15) is 0 Å². The van der Waals surface area contributed by atoms with Crippen LogP contribution in [0.2, 0.25) is 0 Å². The lowest BCUT2D eigenvalue weighted by Crippen LogP contribution is -2.25. The highest BCUT2D eigenvalue weighted by Crippen LogP contribution is 2.25. The van der Waals surface area contributed by atoms with Gasteiger partial charge in [-0.05, 0) is 48.6 Å². The molecule has 1 heterocycles. The maximum atomic E-state index is 4.63. The largest absolute Gasteiger partial charge is 0.313 e. The summed E-state index contributed by atoms with van der Waals surface area (Å²) in [4.78, 5) is 0. The Morgan fingerprint density at radius 1 is 1.27 bits per heavy atom. The van der Waals surface area contributed by atoms with Crippen LogP contribution < -0.4 is 5.32 Å². The van der Waals surface area contributed by atoms with Crippen LogP contribution in [0.4, 0.5) is 0 Å². The summed E-state index contributed by atoms with van der Waals surface area (Å²) in [6.07, 6.45) is 0. The minimum absolute atomic E-state index is 0.0561. The van der Waals surface area contributed by atoms with E-state index in [4.69, 9.17) is 0 Å². The molecule has 1 atom stereocenters. The zero-order valence-corrected chi connectivity index (χ0v) is 11.0. The molecule has 1 unspecified atom stereocenters. The SMILES string of the molecule is CNC(C)c1c(C)nn(C(C)(C)C)c1C. The van der Waals surface area contributed by atoms with Crippen LogP contribution in [0.3, 0.4) is 0 Å². The number of rotatable bonds is 2. The summed E-state index contributed by atoms with van der Waals surface area (Å²) in [7, 11) is 1.98. The Morgan fingerprint density at radius 3 is 2.13 bits per heavy atom. The molecule has 0 spiro atoms. The van der Waals surface area contributed by atoms with E-state index < -0.39 is 0 Å². The molecule has 15 heavy (non-hydrogen) atoms. The van der Waals surface area contributed by atoms with E-state index in [-0.39, 0.29) is 5.54 Å². The van der Waals surface area contributed by atoms with Crippen molar-refractivity contribution in [2.45, 2.75) is 53.1 Å². The van der Waals surface area contributed by atoms with Crippen LogP contribution in [0.15, 0.2) is 0 Å². The number of hydrogen-bond acceptors (Lipinski definition) is 2. The minimum Gasteiger partial charge on any atom is -0.313 e. The van der Waals surface area contributed by atoms with Crippen molar-refractivity contribution < 1.29 is 0 Å². The third-order valence-corrected chi connectivity index (χ3v) is 2.85. The van der Waals surface area contributed by atoms with Gasteiger partial charge in [0.25, 0.3) is 0 Å². The molecule has 0 aliphatic rings. The molecule has 86 valence electrons. The molecule has 3 nitrogen and oxygen atoms in total. The fourth-order valence-electron chi connectivity index (χ4n) is 2.08. The van der Waals surface area contributed by atoms with Gasteiger partial charge in [-0.2, -0.15) is 5.10 Å². The van der Waals surface area contributed by atoms with Crippen LogP contribution >= 0.6 is 0 Å². The fraction of sp³-hybridized carbons (Fsp3) is 0.750. The third kappa shape index (κ3) is 2.23. The first-order valence-corrected chi connectivity index (χ1v) is 5.53. The molecule has 1 N–H and O–H groups in total. The van der Waals surface area contributed by atoms with Crippen molar-refractivity contribution in [2.75, 3.05) is 7.05 Å². The first kappa shape index (κ1) is 12.2. The number of nitrogens with one attached hydrogen (secondary N) is 1. The van der Waals surface area contributed by atoms with E-state index in [1.54, 1.807) is 0 Å². The van der Waals surface area contributed by atoms with Gasteiger partial charge in [0.2, 0.25) is 0 Å². The average molecular weight is 209 g/mol. The first-order chi connectivity index (χ1) is 6.79. The van der Waals surface area contributed by atoms with Crippen LogP contribution in [0, 0.1) is 13.8 Å². The molecule has 0 aromatic carbocycles. The topological polar surface area (TPSA) is 29.9 Å². The number of nitrogens with zero attached hydrogens (tertiary/aromatic N) is 2. The summed E-state index contributed by atoms with van der Waals surface area (Å²) < 4.78 is 2.12. The minimum atomic E-state index is 0.0561. The molecule has 0 saturated carbocycles. The van der Waals surface area contributed by atoms with Gasteiger partial charge in [-0.15, -0.1) is 0 Å². The average Bonchev–Trinajstić information content (AvgIpc) is 2.40. The Morgan fingerprint density at radius 2 is 1.80 bits per heavy atom. The molecule has 0 saturated heterocycles. The lowest BCUT2D eigenvalue weighted by Gasteiger charge is -2.22. The molecule has 0 aliphatic heterocycles. The molecule has 1 aromatic rings. The predicted octanol–water partition coefficient (Wildman–Crippen LogP) is 2.54. The lowest BCUT2D eigenvalue weighted by atomic mass is 10.1. The van der Waals surface area contributed by atoms with E-state index in [0.717, 1.165) is 5.69 Å². The lowest BCUT2D eigenvalue weighted by molar-refractivity contribution is 0.346. The van der Waals surface area contributed by atoms with Crippen LogP contribution in [0.1, 0.15) is 50.7 Å². The van der Waals surface area contributed by atoms with E-state index in [2.05, 4.69) is 56.6 Å². The summed E-state index contributed by atoms with van der Waals surface area (Å²) in [5.74, 6) is 0. The highest BCUT2D eigenvalue weighted by atomic mass is 15.3. The Balaban J connectivity index is 3.27. The van der Waals surface area contributed by atoms with Crippen molar-refractivity contribution in [3.63, 3.8) is 0 Å². The molecule has 0 amide bonds. The van der Waals surface area contributed by atoms with E-state index >= 15 is 0 Å². The Labute approximate surface area is 92.9 Å². The Kier molecular flexibility index (Phi) is 3.24. The van der Waals surface area contributed by atoms with Crippen molar-refractivity contribution in [3.8, 4) is 0 Å². The standard InChI is InChI=1S/C12H23N3/c1-8(13-7)11-9(2)14-15(10(11)3)12(4,5)6/h8,13H,1-7H3. The van der Waals surface area contributed by atoms with Crippen molar-refractivity contribution >= 4 is 0 Å². The zero-order valence-electron chi connectivity index (χ0n) is 11.0. The van der Waals surface area contributed by atoms with Crippen LogP contribution in [0.25, 0.3) is 0 Å². The second-order valence-corrected chi connectivity index (χ2v) is 5.18. The van der Waals surface area contributed by atoms with Crippen molar-refractivity contribution in [1.82, 2.24) is 15.1 Å². The number of hydrogen-bond donors (Lipinski definition) is 1. The molecule has 0 fully saturated rings. The van der Waals surface area contributed by atoms with Gasteiger partial charge in [0, 0.05) is 17.3 Å². The van der Waals surface area contributed by atoms with Gasteiger partial charge < -0.3 is 5.32 Å². The van der Waals surface area contributed by atoms with Gasteiger partial charge in [-0.1, -0.05) is 0 Å². The molecular formula is C12H23N3. The number of aromatic nitrogens is 2. The summed E-state index contributed by atoms with van der Waals surface area (Å²) in [6, 6.07) is 0.362. The van der Waals surface area contributed by atoms with E-state index in [0.29, 0.717) is 6.04 Å². The molecule has 0 aliphatic carbocycles. The zero-order chi connectivity index (χ0) is 11.8. The van der Waals surface area contributed by atoms with Gasteiger partial charge in [0.05, 0.1) is 11.2 Å². The van der Waals surface area contributed by atoms with Gasteiger partial charge >= 0.3 is 0 Å². The van der Waals surface area contributed by atoms with E-state index in [1.165, 1.54) is 11.3 Å². The van der Waals surface area contributed by atoms with Gasteiger partial charge in [-0.25, -0.2) is 0 Å². The molecule has 3 heteroatoms. The van der Waals surface area contributed by atoms with Gasteiger partial charge in [0.1, 0.15) is 0 Å². The van der Waals surface area contributed by atoms with Crippen molar-refractivity contribution in [2.24, 2.45) is 0 Å². The van der Waals surface area contributed by atoms with Crippen LogP contribution in [0.5, 0.6) is 0 Å². The monoisotopic (exact) mass is 209 g/mol. The predicted molar refractivity (Wildman–Crippen MR) is 64.2 cm³/mol. The highest BCUT2D eigenvalue weighted by molar-refractivity contribution is 5.28. The van der Waals surface area contributed by atoms with Crippen LogP contribution in [-0.4, -0.2) is 16.8 Å². The van der Waals surface area contributed by atoms with Gasteiger partial charge in [0.15, 0.2) is 0 Å². The molecule has 1 aromatic heterocycles. The van der Waals surface area contributed by atoms with Crippen LogP contribution in [-0.2, 0) is 5.54 Å². The smallest absolute Gasteiger partial charge is 0.0644 e. The van der Waals surface area contributed by atoms with Crippen molar-refractivity contribution in [3.05, 3.63) is 17.0 Å². The molecule has 1 rings (SSSR count). The second-order valence-electron chi connectivity index (χ2n) is 5.18. The summed E-state index contributed by atoms with van der Waals surface area (Å²) in [6.45, 7) is 12.9. The maximum Gasteiger partial charge on any atom is 0.0644 e. The fourth-order valence-corrected chi connectivity index (χ4v) is 2.08. The molecule has 0 radical (unpaired) electrons. The highest BCUT2D eigenvalue weighted by Gasteiger charge is 2.22. The quantitative estimate of drug-likeness (QED) is 0.811. The summed E-state index contributed by atoms with van der Waals surface area (Å²) in [5, 5.41) is 7.90. The molecular weight excluding hydrogens is 186 g/mol. The summed E-state index contributed by atoms with van der Waals surface area (Å²) in [5.41, 5.74) is 3.78. The Bertz CT molecular complexity index is 344.